The van der Waals surface area contributed by atoms with E-state index in [9.17, 15) is 4.39 Å². The Balaban J connectivity index is 1.88. The van der Waals surface area contributed by atoms with E-state index >= 15 is 0 Å². The number of piperidine rings is 1. The van der Waals surface area contributed by atoms with Gasteiger partial charge in [-0.25, -0.2) is 14.4 Å². The van der Waals surface area contributed by atoms with Crippen LogP contribution in [0.15, 0.2) is 6.07 Å². The van der Waals surface area contributed by atoms with Gasteiger partial charge in [0, 0.05) is 6.54 Å². The molecule has 3 nitrogen and oxygen atoms in total. The largest absolute Gasteiger partial charge is 0.297 e. The topological polar surface area (TPSA) is 29.0 Å². The summed E-state index contributed by atoms with van der Waals surface area (Å²) in [5.41, 5.74) is 1.22. The summed E-state index contributed by atoms with van der Waals surface area (Å²) in [6.45, 7) is 4.64. The summed E-state index contributed by atoms with van der Waals surface area (Å²) in [5, 5.41) is 0.937. The molecular weight excluding hydrogens is 249 g/mol. The fraction of sp³-hybridized carbons (Fsp3) is 0.538. The third-order valence-corrected chi connectivity index (χ3v) is 4.24. The Bertz CT molecular complexity index is 561. The lowest BCUT2D eigenvalue weighted by molar-refractivity contribution is 0.216. The van der Waals surface area contributed by atoms with Crippen LogP contribution in [0.5, 0.6) is 0 Å². The van der Waals surface area contributed by atoms with Gasteiger partial charge in [-0.15, -0.1) is 11.3 Å². The molecule has 0 spiro atoms. The molecular formula is C13H16FN3S. The summed E-state index contributed by atoms with van der Waals surface area (Å²) >= 11 is 1.49. The molecule has 0 saturated carbocycles. The molecule has 1 aliphatic heterocycles. The summed E-state index contributed by atoms with van der Waals surface area (Å²) in [5.74, 6) is -0.197. The molecule has 1 saturated heterocycles. The highest BCUT2D eigenvalue weighted by Crippen LogP contribution is 2.23. The van der Waals surface area contributed by atoms with E-state index in [1.54, 1.807) is 6.07 Å². The maximum absolute atomic E-state index is 14.0. The Kier molecular flexibility index (Phi) is 3.26. The SMILES string of the molecule is Cc1nc2nc(CN3CCCCC3)c(F)cc2s1. The molecule has 2 aromatic rings. The number of nitrogens with zero attached hydrogens (tertiary/aromatic N) is 3. The number of pyridine rings is 1. The van der Waals surface area contributed by atoms with Crippen molar-refractivity contribution in [2.24, 2.45) is 0 Å². The molecule has 0 bridgehead atoms. The van der Waals surface area contributed by atoms with Crippen molar-refractivity contribution in [3.63, 3.8) is 0 Å². The summed E-state index contributed by atoms with van der Waals surface area (Å²) in [6.07, 6.45) is 3.70. The van der Waals surface area contributed by atoms with E-state index in [4.69, 9.17) is 0 Å². The molecule has 0 N–H and O–H groups in total. The van der Waals surface area contributed by atoms with Crippen molar-refractivity contribution in [3.8, 4) is 0 Å². The molecule has 2 aromatic heterocycles. The zero-order valence-electron chi connectivity index (χ0n) is 10.4. The minimum Gasteiger partial charge on any atom is -0.297 e. The minimum absolute atomic E-state index is 0.197. The van der Waals surface area contributed by atoms with Crippen LogP contribution in [-0.2, 0) is 6.54 Å². The van der Waals surface area contributed by atoms with E-state index in [1.807, 2.05) is 6.92 Å². The molecule has 0 atom stereocenters. The summed E-state index contributed by atoms with van der Waals surface area (Å²) in [7, 11) is 0. The van der Waals surface area contributed by atoms with Gasteiger partial charge in [-0.2, -0.15) is 0 Å². The predicted molar refractivity (Wildman–Crippen MR) is 71.2 cm³/mol. The normalized spacial score (nSPS) is 17.4. The van der Waals surface area contributed by atoms with Crippen LogP contribution in [0, 0.1) is 12.7 Å². The second-order valence-corrected chi connectivity index (χ2v) is 6.04. The zero-order valence-corrected chi connectivity index (χ0v) is 11.3. The second-order valence-electron chi connectivity index (χ2n) is 4.81. The Labute approximate surface area is 110 Å². The summed E-state index contributed by atoms with van der Waals surface area (Å²) in [6, 6.07) is 1.58. The molecule has 0 radical (unpaired) electrons. The third kappa shape index (κ3) is 2.37. The first-order valence-electron chi connectivity index (χ1n) is 6.37. The number of halogens is 1. The van der Waals surface area contributed by atoms with Crippen molar-refractivity contribution in [2.75, 3.05) is 13.1 Å². The lowest BCUT2D eigenvalue weighted by atomic mass is 10.1. The number of hydrogen-bond acceptors (Lipinski definition) is 4. The fourth-order valence-corrected chi connectivity index (χ4v) is 3.22. The molecule has 5 heteroatoms. The van der Waals surface area contributed by atoms with Crippen molar-refractivity contribution < 1.29 is 4.39 Å². The van der Waals surface area contributed by atoms with Crippen molar-refractivity contribution in [3.05, 3.63) is 22.6 Å². The lowest BCUT2D eigenvalue weighted by Crippen LogP contribution is -2.29. The average Bonchev–Trinajstić information content (AvgIpc) is 2.70. The molecule has 18 heavy (non-hydrogen) atoms. The second kappa shape index (κ2) is 4.90. The van der Waals surface area contributed by atoms with Crippen LogP contribution in [0.4, 0.5) is 4.39 Å². The zero-order chi connectivity index (χ0) is 12.5. The van der Waals surface area contributed by atoms with Gasteiger partial charge in [-0.3, -0.25) is 4.90 Å². The standard InChI is InChI=1S/C13H16FN3S/c1-9-15-13-12(18-9)7-10(14)11(16-13)8-17-5-3-2-4-6-17/h7H,2-6,8H2,1H3. The van der Waals surface area contributed by atoms with Crippen LogP contribution < -0.4 is 0 Å². The Morgan fingerprint density at radius 3 is 2.83 bits per heavy atom. The summed E-state index contributed by atoms with van der Waals surface area (Å²) in [4.78, 5) is 11.0. The number of likely N-dealkylation sites (tertiary alicyclic amines) is 1. The van der Waals surface area contributed by atoms with Crippen molar-refractivity contribution >= 4 is 21.7 Å². The van der Waals surface area contributed by atoms with Gasteiger partial charge in [0.15, 0.2) is 5.65 Å². The van der Waals surface area contributed by atoms with Crippen LogP contribution in [-0.4, -0.2) is 28.0 Å². The van der Waals surface area contributed by atoms with E-state index < -0.39 is 0 Å². The van der Waals surface area contributed by atoms with Crippen LogP contribution in [0.3, 0.4) is 0 Å². The van der Waals surface area contributed by atoms with E-state index in [-0.39, 0.29) is 5.82 Å². The molecule has 0 unspecified atom stereocenters. The maximum atomic E-state index is 14.0. The van der Waals surface area contributed by atoms with Gasteiger partial charge in [0.25, 0.3) is 0 Å². The van der Waals surface area contributed by atoms with E-state index in [0.717, 1.165) is 22.8 Å². The van der Waals surface area contributed by atoms with Gasteiger partial charge in [-0.1, -0.05) is 6.42 Å². The van der Waals surface area contributed by atoms with Crippen LogP contribution >= 0.6 is 11.3 Å². The first-order valence-corrected chi connectivity index (χ1v) is 7.19. The van der Waals surface area contributed by atoms with Gasteiger partial charge in [0.2, 0.25) is 0 Å². The van der Waals surface area contributed by atoms with Gasteiger partial charge >= 0.3 is 0 Å². The number of fused-ring (bicyclic) bond motifs is 1. The van der Waals surface area contributed by atoms with Crippen molar-refractivity contribution in [1.29, 1.82) is 0 Å². The number of aromatic nitrogens is 2. The number of rotatable bonds is 2. The highest BCUT2D eigenvalue weighted by atomic mass is 32.1. The predicted octanol–water partition coefficient (Wildman–Crippen LogP) is 3.12. The quantitative estimate of drug-likeness (QED) is 0.835. The lowest BCUT2D eigenvalue weighted by Gasteiger charge is -2.25. The Morgan fingerprint density at radius 2 is 2.06 bits per heavy atom. The van der Waals surface area contributed by atoms with Crippen LogP contribution in [0.25, 0.3) is 10.3 Å². The first kappa shape index (κ1) is 12.0. The third-order valence-electron chi connectivity index (χ3n) is 3.34. The molecule has 1 aliphatic rings. The highest BCUT2D eigenvalue weighted by molar-refractivity contribution is 7.18. The van der Waals surface area contributed by atoms with E-state index in [0.29, 0.717) is 17.9 Å². The Morgan fingerprint density at radius 1 is 1.28 bits per heavy atom. The fourth-order valence-electron chi connectivity index (χ4n) is 2.43. The molecule has 0 aliphatic carbocycles. The molecule has 3 heterocycles. The Hall–Kier alpha value is -1.07. The molecule has 3 rings (SSSR count). The number of thiazole rings is 1. The smallest absolute Gasteiger partial charge is 0.171 e. The van der Waals surface area contributed by atoms with Gasteiger partial charge < -0.3 is 0 Å². The molecule has 0 amide bonds. The highest BCUT2D eigenvalue weighted by Gasteiger charge is 2.15. The molecule has 0 aromatic carbocycles. The van der Waals surface area contributed by atoms with Crippen LogP contribution in [0.2, 0.25) is 0 Å². The minimum atomic E-state index is -0.197. The van der Waals surface area contributed by atoms with Crippen molar-refractivity contribution in [2.45, 2.75) is 32.7 Å². The van der Waals surface area contributed by atoms with Gasteiger partial charge in [0.1, 0.15) is 5.82 Å². The van der Waals surface area contributed by atoms with Gasteiger partial charge in [-0.05, 0) is 38.9 Å². The van der Waals surface area contributed by atoms with E-state index in [1.165, 1.54) is 30.6 Å². The van der Waals surface area contributed by atoms with Gasteiger partial charge in [0.05, 0.1) is 15.4 Å². The molecule has 96 valence electrons. The molecule has 1 fully saturated rings. The first-order chi connectivity index (χ1) is 8.72. The average molecular weight is 265 g/mol. The number of hydrogen-bond donors (Lipinski definition) is 0. The van der Waals surface area contributed by atoms with Crippen LogP contribution in [0.1, 0.15) is 30.0 Å². The number of aryl methyl sites for hydroxylation is 1. The maximum Gasteiger partial charge on any atom is 0.171 e. The monoisotopic (exact) mass is 265 g/mol. The van der Waals surface area contributed by atoms with Crippen molar-refractivity contribution in [1.82, 2.24) is 14.9 Å². The summed E-state index contributed by atoms with van der Waals surface area (Å²) < 4.78 is 14.8. The van der Waals surface area contributed by atoms with E-state index in [2.05, 4.69) is 14.9 Å².